The fourth-order valence-electron chi connectivity index (χ4n) is 2.72. The number of nitriles is 1. The minimum absolute atomic E-state index is 0.508. The molecule has 7 nitrogen and oxygen atoms in total. The summed E-state index contributed by atoms with van der Waals surface area (Å²) in [6, 6.07) is 11.8. The van der Waals surface area contributed by atoms with Crippen LogP contribution in [-0.2, 0) is 13.6 Å². The molecular formula is C18H15N7. The van der Waals surface area contributed by atoms with Crippen LogP contribution in [0, 0.1) is 11.3 Å². The van der Waals surface area contributed by atoms with Gasteiger partial charge in [-0.3, -0.25) is 4.68 Å². The first-order chi connectivity index (χ1) is 12.2. The first-order valence-corrected chi connectivity index (χ1v) is 7.78. The number of benzene rings is 1. The Morgan fingerprint density at radius 1 is 1.20 bits per heavy atom. The van der Waals surface area contributed by atoms with E-state index in [4.69, 9.17) is 0 Å². The van der Waals surface area contributed by atoms with E-state index in [9.17, 15) is 5.26 Å². The highest BCUT2D eigenvalue weighted by atomic mass is 15.3. The average molecular weight is 329 g/mol. The number of rotatable bonds is 4. The van der Waals surface area contributed by atoms with E-state index in [1.807, 2.05) is 54.3 Å². The number of aromatic nitrogens is 5. The summed E-state index contributed by atoms with van der Waals surface area (Å²) >= 11 is 0. The van der Waals surface area contributed by atoms with Crippen molar-refractivity contribution in [3.05, 3.63) is 66.2 Å². The summed E-state index contributed by atoms with van der Waals surface area (Å²) in [5.41, 5.74) is 3.28. The number of nitrogens with one attached hydrogen (secondary N) is 1. The van der Waals surface area contributed by atoms with Gasteiger partial charge in [-0.15, -0.1) is 0 Å². The van der Waals surface area contributed by atoms with Crippen molar-refractivity contribution in [2.45, 2.75) is 6.54 Å². The van der Waals surface area contributed by atoms with Crippen LogP contribution in [-0.4, -0.2) is 24.3 Å². The fourth-order valence-corrected chi connectivity index (χ4v) is 2.72. The summed E-state index contributed by atoms with van der Waals surface area (Å²) < 4.78 is 3.73. The molecule has 0 spiro atoms. The lowest BCUT2D eigenvalue weighted by atomic mass is 10.1. The van der Waals surface area contributed by atoms with Gasteiger partial charge in [0.1, 0.15) is 5.65 Å². The van der Waals surface area contributed by atoms with Crippen LogP contribution in [0.2, 0.25) is 0 Å². The van der Waals surface area contributed by atoms with Crippen LogP contribution in [0.25, 0.3) is 11.0 Å². The molecule has 1 aromatic carbocycles. The number of aryl methyl sites for hydroxylation is 1. The maximum Gasteiger partial charge on any atom is 0.229 e. The molecule has 25 heavy (non-hydrogen) atoms. The van der Waals surface area contributed by atoms with Crippen molar-refractivity contribution < 1.29 is 0 Å². The Bertz CT molecular complexity index is 1080. The number of nitrogens with zero attached hydrogens (tertiary/aromatic N) is 6. The molecule has 3 aromatic heterocycles. The van der Waals surface area contributed by atoms with E-state index in [2.05, 4.69) is 26.5 Å². The maximum atomic E-state index is 9.27. The highest BCUT2D eigenvalue weighted by molar-refractivity contribution is 5.77. The Labute approximate surface area is 144 Å². The number of hydrogen-bond acceptors (Lipinski definition) is 5. The van der Waals surface area contributed by atoms with E-state index in [0.717, 1.165) is 22.3 Å². The predicted molar refractivity (Wildman–Crippen MR) is 94.3 cm³/mol. The Balaban J connectivity index is 1.68. The Hall–Kier alpha value is -3.66. The van der Waals surface area contributed by atoms with Crippen LogP contribution in [0.5, 0.6) is 0 Å². The van der Waals surface area contributed by atoms with E-state index in [1.165, 1.54) is 0 Å². The van der Waals surface area contributed by atoms with Crippen LogP contribution < -0.4 is 5.32 Å². The fraction of sp³-hybridized carbons (Fsp3) is 0.111. The Morgan fingerprint density at radius 3 is 2.88 bits per heavy atom. The highest BCUT2D eigenvalue weighted by Gasteiger charge is 2.09. The van der Waals surface area contributed by atoms with Crippen molar-refractivity contribution in [1.29, 1.82) is 5.26 Å². The average Bonchev–Trinajstić information content (AvgIpc) is 3.22. The zero-order valence-electron chi connectivity index (χ0n) is 13.6. The third-order valence-electron chi connectivity index (χ3n) is 3.94. The topological polar surface area (TPSA) is 84.4 Å². The molecule has 0 unspecified atom stereocenters. The quantitative estimate of drug-likeness (QED) is 0.622. The molecule has 0 bridgehead atoms. The van der Waals surface area contributed by atoms with Gasteiger partial charge in [0.15, 0.2) is 0 Å². The lowest BCUT2D eigenvalue weighted by molar-refractivity contribution is 0.768. The molecule has 0 saturated carbocycles. The van der Waals surface area contributed by atoms with Crippen molar-refractivity contribution in [2.24, 2.45) is 7.05 Å². The van der Waals surface area contributed by atoms with Crippen molar-refractivity contribution in [3.63, 3.8) is 0 Å². The molecule has 0 saturated heterocycles. The maximum absolute atomic E-state index is 9.27. The van der Waals surface area contributed by atoms with Gasteiger partial charge in [0, 0.05) is 31.0 Å². The van der Waals surface area contributed by atoms with E-state index in [0.29, 0.717) is 18.1 Å². The zero-order valence-corrected chi connectivity index (χ0v) is 13.6. The van der Waals surface area contributed by atoms with Crippen LogP contribution in [0.15, 0.2) is 55.1 Å². The minimum Gasteiger partial charge on any atom is -0.328 e. The molecule has 3 heterocycles. The van der Waals surface area contributed by atoms with Gasteiger partial charge in [-0.05, 0) is 17.7 Å². The van der Waals surface area contributed by atoms with Gasteiger partial charge in [-0.25, -0.2) is 4.98 Å². The number of fused-ring (bicyclic) bond motifs is 1. The van der Waals surface area contributed by atoms with Gasteiger partial charge >= 0.3 is 0 Å². The molecule has 0 aliphatic carbocycles. The molecule has 4 aromatic rings. The third kappa shape index (κ3) is 2.93. The van der Waals surface area contributed by atoms with Crippen LogP contribution >= 0.6 is 0 Å². The molecule has 0 amide bonds. The second-order valence-electron chi connectivity index (χ2n) is 5.71. The van der Waals surface area contributed by atoms with Crippen LogP contribution in [0.3, 0.4) is 0 Å². The largest absolute Gasteiger partial charge is 0.328 e. The molecule has 0 fully saturated rings. The Kier molecular flexibility index (Phi) is 3.63. The molecule has 7 heteroatoms. The summed E-state index contributed by atoms with van der Waals surface area (Å²) in [5, 5.41) is 17.5. The molecular weight excluding hydrogens is 314 g/mol. The minimum atomic E-state index is 0.508. The van der Waals surface area contributed by atoms with Crippen molar-refractivity contribution in [1.82, 2.24) is 24.3 Å². The summed E-state index contributed by atoms with van der Waals surface area (Å²) in [7, 11) is 1.85. The summed E-state index contributed by atoms with van der Waals surface area (Å²) in [6.45, 7) is 0.580. The predicted octanol–water partition coefficient (Wildman–Crippen LogP) is 2.83. The van der Waals surface area contributed by atoms with Crippen LogP contribution in [0.4, 0.5) is 11.6 Å². The van der Waals surface area contributed by atoms with Crippen molar-refractivity contribution in [3.8, 4) is 6.07 Å². The smallest absolute Gasteiger partial charge is 0.229 e. The number of hydrogen-bond donors (Lipinski definition) is 1. The van der Waals surface area contributed by atoms with Gasteiger partial charge in [0.2, 0.25) is 5.95 Å². The SMILES string of the molecule is Cn1cc(Nc2ncc3ccn(Cc4ccccc4C#N)c3n2)cn1. The van der Waals surface area contributed by atoms with Crippen molar-refractivity contribution >= 4 is 22.7 Å². The lowest BCUT2D eigenvalue weighted by Crippen LogP contribution is -2.03. The van der Waals surface area contributed by atoms with E-state index in [1.54, 1.807) is 17.1 Å². The van der Waals surface area contributed by atoms with Gasteiger partial charge in [0.25, 0.3) is 0 Å². The summed E-state index contributed by atoms with van der Waals surface area (Å²) in [6.07, 6.45) is 7.32. The molecule has 1 N–H and O–H groups in total. The second kappa shape index (κ2) is 6.09. The third-order valence-corrected chi connectivity index (χ3v) is 3.94. The van der Waals surface area contributed by atoms with Crippen LogP contribution in [0.1, 0.15) is 11.1 Å². The van der Waals surface area contributed by atoms with Gasteiger partial charge in [-0.1, -0.05) is 18.2 Å². The van der Waals surface area contributed by atoms with Gasteiger partial charge < -0.3 is 9.88 Å². The zero-order chi connectivity index (χ0) is 17.2. The Morgan fingerprint density at radius 2 is 2.08 bits per heavy atom. The molecule has 0 aliphatic heterocycles. The highest BCUT2D eigenvalue weighted by Crippen LogP contribution is 2.19. The first kappa shape index (κ1) is 14.9. The van der Waals surface area contributed by atoms with E-state index < -0.39 is 0 Å². The molecule has 0 atom stereocenters. The standard InChI is InChI=1S/C18H15N7/c1-24-12-16(10-21-24)22-18-20-9-14-6-7-25(17(14)23-18)11-15-5-3-2-4-13(15)8-19/h2-7,9-10,12H,11H2,1H3,(H,20,22,23). The van der Waals surface area contributed by atoms with E-state index in [-0.39, 0.29) is 0 Å². The van der Waals surface area contributed by atoms with Gasteiger partial charge in [-0.2, -0.15) is 15.3 Å². The van der Waals surface area contributed by atoms with E-state index >= 15 is 0 Å². The summed E-state index contributed by atoms with van der Waals surface area (Å²) in [4.78, 5) is 8.95. The summed E-state index contributed by atoms with van der Waals surface area (Å²) in [5.74, 6) is 0.508. The monoisotopic (exact) mass is 329 g/mol. The van der Waals surface area contributed by atoms with Gasteiger partial charge in [0.05, 0.1) is 30.1 Å². The molecule has 122 valence electrons. The lowest BCUT2D eigenvalue weighted by Gasteiger charge is -2.08. The molecule has 0 aliphatic rings. The first-order valence-electron chi connectivity index (χ1n) is 7.78. The molecule has 4 rings (SSSR count). The number of anilines is 2. The molecule has 0 radical (unpaired) electrons. The van der Waals surface area contributed by atoms with Crippen molar-refractivity contribution in [2.75, 3.05) is 5.32 Å². The normalized spacial score (nSPS) is 10.7. The second-order valence-corrected chi connectivity index (χ2v) is 5.71.